The summed E-state index contributed by atoms with van der Waals surface area (Å²) in [5.74, 6) is -0.745. The van der Waals surface area contributed by atoms with Gasteiger partial charge < -0.3 is 19.9 Å². The van der Waals surface area contributed by atoms with Crippen LogP contribution < -0.4 is 14.8 Å². The van der Waals surface area contributed by atoms with Gasteiger partial charge in [0.15, 0.2) is 6.61 Å². The highest BCUT2D eigenvalue weighted by molar-refractivity contribution is 5.98. The molecule has 132 valence electrons. The third kappa shape index (κ3) is 3.92. The molecule has 6 heteroatoms. The van der Waals surface area contributed by atoms with Crippen molar-refractivity contribution in [2.75, 3.05) is 19.0 Å². The molecule has 0 radical (unpaired) electrons. The molecular weight excluding hydrogens is 334 g/mol. The normalized spacial score (nSPS) is 10.3. The number of carbonyl (C=O) groups excluding carboxylic acids is 1. The van der Waals surface area contributed by atoms with Crippen LogP contribution in [0.4, 0.5) is 5.69 Å². The standard InChI is InChI=1S/C20H17NO5/c1-25-16-8-4-7-15(11-16)21-19(22)12-26-18-10-14-6-3-2-5-13(14)9-17(18)20(23)24/h2-11H,12H2,1H3,(H,21,22)(H,23,24). The predicted octanol–water partition coefficient (Wildman–Crippen LogP) is 3.56. The first-order valence-corrected chi connectivity index (χ1v) is 7.89. The summed E-state index contributed by atoms with van der Waals surface area (Å²) < 4.78 is 10.6. The van der Waals surface area contributed by atoms with Crippen molar-refractivity contribution in [1.82, 2.24) is 0 Å². The van der Waals surface area contributed by atoms with Crippen molar-refractivity contribution in [2.45, 2.75) is 0 Å². The van der Waals surface area contributed by atoms with E-state index in [0.717, 1.165) is 10.8 Å². The van der Waals surface area contributed by atoms with E-state index in [9.17, 15) is 14.7 Å². The number of aromatic carboxylic acids is 1. The maximum Gasteiger partial charge on any atom is 0.339 e. The molecular formula is C20H17NO5. The van der Waals surface area contributed by atoms with Gasteiger partial charge in [-0.15, -0.1) is 0 Å². The smallest absolute Gasteiger partial charge is 0.339 e. The van der Waals surface area contributed by atoms with Crippen molar-refractivity contribution < 1.29 is 24.2 Å². The number of carboxylic acid groups (broad SMARTS) is 1. The van der Waals surface area contributed by atoms with Gasteiger partial charge in [-0.3, -0.25) is 4.79 Å². The Hall–Kier alpha value is -3.54. The average Bonchev–Trinajstić information content (AvgIpc) is 2.65. The van der Waals surface area contributed by atoms with Gasteiger partial charge in [0.1, 0.15) is 17.1 Å². The van der Waals surface area contributed by atoms with Crippen molar-refractivity contribution in [3.05, 3.63) is 66.2 Å². The molecule has 0 aromatic heterocycles. The molecule has 3 rings (SSSR count). The van der Waals surface area contributed by atoms with E-state index < -0.39 is 11.9 Å². The van der Waals surface area contributed by atoms with Crippen LogP contribution in [0.1, 0.15) is 10.4 Å². The molecule has 0 saturated carbocycles. The van der Waals surface area contributed by atoms with Crippen molar-refractivity contribution in [2.24, 2.45) is 0 Å². The largest absolute Gasteiger partial charge is 0.497 e. The number of nitrogens with one attached hydrogen (secondary N) is 1. The number of hydrogen-bond donors (Lipinski definition) is 2. The Morgan fingerprint density at radius 1 is 1.00 bits per heavy atom. The number of methoxy groups -OCH3 is 1. The summed E-state index contributed by atoms with van der Waals surface area (Å²) >= 11 is 0. The Morgan fingerprint density at radius 2 is 1.73 bits per heavy atom. The number of ether oxygens (including phenoxy) is 2. The molecule has 3 aromatic carbocycles. The van der Waals surface area contributed by atoms with Gasteiger partial charge in [-0.1, -0.05) is 30.3 Å². The number of rotatable bonds is 6. The number of fused-ring (bicyclic) bond motifs is 1. The lowest BCUT2D eigenvalue weighted by atomic mass is 10.1. The van der Waals surface area contributed by atoms with E-state index in [4.69, 9.17) is 9.47 Å². The second kappa shape index (κ2) is 7.57. The van der Waals surface area contributed by atoms with Gasteiger partial charge >= 0.3 is 5.97 Å². The van der Waals surface area contributed by atoms with Gasteiger partial charge in [0.2, 0.25) is 0 Å². The molecule has 0 bridgehead atoms. The van der Waals surface area contributed by atoms with Gasteiger partial charge in [0.25, 0.3) is 5.91 Å². The molecule has 0 saturated heterocycles. The summed E-state index contributed by atoms with van der Waals surface area (Å²) in [4.78, 5) is 23.6. The Kier molecular flexibility index (Phi) is 5.03. The number of anilines is 1. The first-order chi connectivity index (χ1) is 12.6. The number of amides is 1. The number of carboxylic acids is 1. The summed E-state index contributed by atoms with van der Waals surface area (Å²) in [6.45, 7) is -0.310. The average molecular weight is 351 g/mol. The summed E-state index contributed by atoms with van der Waals surface area (Å²) in [5.41, 5.74) is 0.577. The number of benzene rings is 3. The molecule has 2 N–H and O–H groups in total. The second-order valence-corrected chi connectivity index (χ2v) is 5.57. The summed E-state index contributed by atoms with van der Waals surface area (Å²) in [6, 6.07) is 17.4. The highest BCUT2D eigenvalue weighted by Crippen LogP contribution is 2.26. The fourth-order valence-corrected chi connectivity index (χ4v) is 2.55. The van der Waals surface area contributed by atoms with Crippen LogP contribution >= 0.6 is 0 Å². The lowest BCUT2D eigenvalue weighted by molar-refractivity contribution is -0.118. The fraction of sp³-hybridized carbons (Fsp3) is 0.100. The van der Waals surface area contributed by atoms with Crippen molar-refractivity contribution in [3.8, 4) is 11.5 Å². The van der Waals surface area contributed by atoms with Crippen LogP contribution in [0.15, 0.2) is 60.7 Å². The topological polar surface area (TPSA) is 84.9 Å². The zero-order valence-corrected chi connectivity index (χ0v) is 14.1. The van der Waals surface area contributed by atoms with Gasteiger partial charge in [0.05, 0.1) is 7.11 Å². The summed E-state index contributed by atoms with van der Waals surface area (Å²) in [5, 5.41) is 13.7. The van der Waals surface area contributed by atoms with Crippen molar-refractivity contribution in [1.29, 1.82) is 0 Å². The minimum atomic E-state index is -1.11. The van der Waals surface area contributed by atoms with Crippen LogP contribution in [-0.4, -0.2) is 30.7 Å². The van der Waals surface area contributed by atoms with E-state index in [-0.39, 0.29) is 17.9 Å². The van der Waals surface area contributed by atoms with E-state index in [2.05, 4.69) is 5.32 Å². The highest BCUT2D eigenvalue weighted by Gasteiger charge is 2.14. The van der Waals surface area contributed by atoms with E-state index in [1.807, 2.05) is 24.3 Å². The van der Waals surface area contributed by atoms with Gasteiger partial charge in [-0.25, -0.2) is 4.79 Å². The zero-order valence-electron chi connectivity index (χ0n) is 14.1. The van der Waals surface area contributed by atoms with E-state index in [0.29, 0.717) is 11.4 Å². The molecule has 0 heterocycles. The van der Waals surface area contributed by atoms with Gasteiger partial charge in [0, 0.05) is 11.8 Å². The van der Waals surface area contributed by atoms with Crippen LogP contribution in [0.25, 0.3) is 10.8 Å². The number of hydrogen-bond acceptors (Lipinski definition) is 4. The van der Waals surface area contributed by atoms with Gasteiger partial charge in [-0.2, -0.15) is 0 Å². The third-order valence-corrected chi connectivity index (χ3v) is 3.79. The first-order valence-electron chi connectivity index (χ1n) is 7.89. The van der Waals surface area contributed by atoms with Crippen LogP contribution in [0, 0.1) is 0 Å². The molecule has 26 heavy (non-hydrogen) atoms. The Balaban J connectivity index is 1.74. The lowest BCUT2D eigenvalue weighted by Gasteiger charge is -2.11. The minimum absolute atomic E-state index is 0.0119. The molecule has 1 amide bonds. The van der Waals surface area contributed by atoms with Crippen molar-refractivity contribution >= 4 is 28.3 Å². The highest BCUT2D eigenvalue weighted by atomic mass is 16.5. The SMILES string of the molecule is COc1cccc(NC(=O)COc2cc3ccccc3cc2C(=O)O)c1. The molecule has 0 aliphatic carbocycles. The van der Waals surface area contributed by atoms with E-state index >= 15 is 0 Å². The zero-order chi connectivity index (χ0) is 18.5. The first kappa shape index (κ1) is 17.3. The lowest BCUT2D eigenvalue weighted by Crippen LogP contribution is -2.20. The number of carbonyl (C=O) groups is 2. The quantitative estimate of drug-likeness (QED) is 0.709. The van der Waals surface area contributed by atoms with Crippen LogP contribution in [0.2, 0.25) is 0 Å². The molecule has 0 unspecified atom stereocenters. The molecule has 0 aliphatic rings. The van der Waals surface area contributed by atoms with Crippen LogP contribution in [0.3, 0.4) is 0 Å². The predicted molar refractivity (Wildman–Crippen MR) is 98.0 cm³/mol. The van der Waals surface area contributed by atoms with Crippen molar-refractivity contribution in [3.63, 3.8) is 0 Å². The molecule has 0 atom stereocenters. The Morgan fingerprint density at radius 3 is 2.42 bits per heavy atom. The maximum atomic E-state index is 12.1. The fourth-order valence-electron chi connectivity index (χ4n) is 2.55. The summed E-state index contributed by atoms with van der Waals surface area (Å²) in [7, 11) is 1.54. The Bertz CT molecular complexity index is 967. The third-order valence-electron chi connectivity index (χ3n) is 3.79. The molecule has 0 aliphatic heterocycles. The molecule has 3 aromatic rings. The monoisotopic (exact) mass is 351 g/mol. The molecule has 0 fully saturated rings. The van der Waals surface area contributed by atoms with E-state index in [1.165, 1.54) is 13.2 Å². The Labute approximate surface area is 150 Å². The maximum absolute atomic E-state index is 12.1. The minimum Gasteiger partial charge on any atom is -0.497 e. The second-order valence-electron chi connectivity index (χ2n) is 5.57. The van der Waals surface area contributed by atoms with Crippen LogP contribution in [-0.2, 0) is 4.79 Å². The molecule has 0 spiro atoms. The van der Waals surface area contributed by atoms with Gasteiger partial charge in [-0.05, 0) is 35.0 Å². The van der Waals surface area contributed by atoms with Crippen LogP contribution in [0.5, 0.6) is 11.5 Å². The van der Waals surface area contributed by atoms with E-state index in [1.54, 1.807) is 30.3 Å². The molecule has 6 nitrogen and oxygen atoms in total. The summed E-state index contributed by atoms with van der Waals surface area (Å²) in [6.07, 6.45) is 0.